The van der Waals surface area contributed by atoms with Crippen molar-refractivity contribution in [2.24, 2.45) is 0 Å². The molecule has 2 nitrogen and oxygen atoms in total. The summed E-state index contributed by atoms with van der Waals surface area (Å²) < 4.78 is 4.78. The summed E-state index contributed by atoms with van der Waals surface area (Å²) in [6, 6.07) is 66.6. The van der Waals surface area contributed by atoms with Crippen LogP contribution in [0.1, 0.15) is 18.2 Å². The first-order chi connectivity index (χ1) is 28.2. The van der Waals surface area contributed by atoms with E-state index < -0.39 is 0 Å². The lowest BCUT2D eigenvalue weighted by Gasteiger charge is -2.14. The summed E-state index contributed by atoms with van der Waals surface area (Å²) in [5, 5.41) is 11.4. The lowest BCUT2D eigenvalue weighted by molar-refractivity contribution is 1.11. The van der Waals surface area contributed by atoms with Crippen LogP contribution >= 0.6 is 0 Å². The molecular weight excluding hydrogens is 689 g/mol. The summed E-state index contributed by atoms with van der Waals surface area (Å²) in [5.74, 6) is 0. The number of para-hydroxylation sites is 1. The highest BCUT2D eigenvalue weighted by atomic mass is 15.0. The fraction of sp³-hybridized carbons (Fsp3) is 0.0182. The van der Waals surface area contributed by atoms with Crippen LogP contribution in [0.2, 0.25) is 0 Å². The van der Waals surface area contributed by atoms with Crippen molar-refractivity contribution in [1.82, 2.24) is 9.13 Å². The van der Waals surface area contributed by atoms with Crippen LogP contribution < -0.4 is 0 Å². The number of hydrogen-bond acceptors (Lipinski definition) is 0. The van der Waals surface area contributed by atoms with E-state index in [1.165, 1.54) is 87.3 Å². The molecule has 0 unspecified atom stereocenters. The van der Waals surface area contributed by atoms with Gasteiger partial charge in [-0.05, 0) is 122 Å². The monoisotopic (exact) mass is 726 g/mol. The highest BCUT2D eigenvalue weighted by molar-refractivity contribution is 6.25. The van der Waals surface area contributed by atoms with Crippen LogP contribution in [0.15, 0.2) is 195 Å². The first kappa shape index (κ1) is 33.0. The van der Waals surface area contributed by atoms with Gasteiger partial charge in [0.2, 0.25) is 0 Å². The highest BCUT2D eigenvalue weighted by Gasteiger charge is 2.19. The molecule has 0 radical (unpaired) electrons. The second-order valence-electron chi connectivity index (χ2n) is 14.9. The number of nitrogens with zero attached hydrogens (tertiary/aromatic N) is 2. The molecule has 0 saturated heterocycles. The molecule has 0 aliphatic heterocycles. The Bertz CT molecular complexity index is 3390. The molecule has 57 heavy (non-hydrogen) atoms. The van der Waals surface area contributed by atoms with E-state index in [0.717, 1.165) is 22.6 Å². The van der Waals surface area contributed by atoms with E-state index >= 15 is 0 Å². The van der Waals surface area contributed by atoms with Gasteiger partial charge in [-0.2, -0.15) is 0 Å². The molecule has 2 heteroatoms. The Morgan fingerprint density at radius 3 is 1.58 bits per heavy atom. The molecule has 0 aliphatic carbocycles. The molecule has 0 bridgehead atoms. The predicted molar refractivity (Wildman–Crippen MR) is 246 cm³/mol. The average molecular weight is 727 g/mol. The third-order valence-electron chi connectivity index (χ3n) is 11.8. The van der Waals surface area contributed by atoms with E-state index in [0.29, 0.717) is 0 Å². The van der Waals surface area contributed by atoms with Crippen molar-refractivity contribution in [2.75, 3.05) is 0 Å². The standard InChI is InChI=1S/C55H38N2/c1-3-15-47-50-33-38(26-30-54(50)56(52(47)4-2)40-19-14-18-37(32-40)36-16-6-5-7-17-36)39-27-31-55-51(34-39)48-24-12-13-25-53(48)57(55)41-28-29-46-44-22-9-8-20-42(44)43-21-10-11-23-45(43)49(46)35-41/h3-35H,2H2,1H3/b15-3-. The number of fused-ring (bicyclic) bond motifs is 10. The molecule has 0 spiro atoms. The third kappa shape index (κ3) is 5.11. The molecule has 0 aliphatic rings. The van der Waals surface area contributed by atoms with Gasteiger partial charge in [0.15, 0.2) is 0 Å². The van der Waals surface area contributed by atoms with Gasteiger partial charge in [-0.15, -0.1) is 0 Å². The molecule has 0 N–H and O–H groups in total. The first-order valence-corrected chi connectivity index (χ1v) is 19.7. The van der Waals surface area contributed by atoms with Crippen LogP contribution in [-0.2, 0) is 0 Å². The minimum Gasteiger partial charge on any atom is -0.309 e. The van der Waals surface area contributed by atoms with Gasteiger partial charge in [0.05, 0.1) is 22.2 Å². The van der Waals surface area contributed by atoms with Crippen molar-refractivity contribution in [3.63, 3.8) is 0 Å². The second-order valence-corrected chi connectivity index (χ2v) is 14.9. The summed E-state index contributed by atoms with van der Waals surface area (Å²) >= 11 is 0. The van der Waals surface area contributed by atoms with E-state index in [1.807, 2.05) is 6.08 Å². The normalized spacial score (nSPS) is 11.9. The molecule has 268 valence electrons. The SMILES string of the molecule is C=Cc1c(/C=C\C)c2cc(-c3ccc4c(c3)c3ccccc3n4-c3ccc4c5ccccc5c5ccccc5c4c3)ccc2n1-c1cccc(-c2ccccc2)c1. The number of rotatable bonds is 6. The van der Waals surface area contributed by atoms with Crippen molar-refractivity contribution in [2.45, 2.75) is 6.92 Å². The number of hydrogen-bond donors (Lipinski definition) is 0. The quantitative estimate of drug-likeness (QED) is 0.151. The van der Waals surface area contributed by atoms with E-state index in [-0.39, 0.29) is 0 Å². The Morgan fingerprint density at radius 2 is 0.895 bits per heavy atom. The minimum absolute atomic E-state index is 1.08. The van der Waals surface area contributed by atoms with Crippen molar-refractivity contribution in [3.05, 3.63) is 206 Å². The van der Waals surface area contributed by atoms with E-state index in [4.69, 9.17) is 0 Å². The zero-order valence-corrected chi connectivity index (χ0v) is 31.7. The zero-order valence-electron chi connectivity index (χ0n) is 31.7. The van der Waals surface area contributed by atoms with E-state index in [1.54, 1.807) is 0 Å². The fourth-order valence-corrected chi connectivity index (χ4v) is 9.26. The summed E-state index contributed by atoms with van der Waals surface area (Å²) in [6.45, 7) is 6.38. The van der Waals surface area contributed by atoms with Crippen molar-refractivity contribution >= 4 is 77.2 Å². The molecule has 0 atom stereocenters. The highest BCUT2D eigenvalue weighted by Crippen LogP contribution is 2.41. The molecule has 9 aromatic carbocycles. The Kier molecular flexibility index (Phi) is 7.58. The summed E-state index contributed by atoms with van der Waals surface area (Å²) in [4.78, 5) is 0. The molecule has 0 saturated carbocycles. The largest absolute Gasteiger partial charge is 0.309 e. The lowest BCUT2D eigenvalue weighted by Crippen LogP contribution is -1.97. The van der Waals surface area contributed by atoms with Gasteiger partial charge < -0.3 is 9.13 Å². The summed E-state index contributed by atoms with van der Waals surface area (Å²) in [6.07, 6.45) is 6.33. The van der Waals surface area contributed by atoms with Gasteiger partial charge in [0.1, 0.15) is 0 Å². The maximum Gasteiger partial charge on any atom is 0.0541 e. The molecular formula is C55H38N2. The first-order valence-electron chi connectivity index (χ1n) is 19.7. The van der Waals surface area contributed by atoms with Gasteiger partial charge in [-0.3, -0.25) is 0 Å². The molecule has 0 fully saturated rings. The Balaban J connectivity index is 1.08. The van der Waals surface area contributed by atoms with Crippen molar-refractivity contribution < 1.29 is 0 Å². The van der Waals surface area contributed by atoms with E-state index in [9.17, 15) is 0 Å². The molecule has 2 aromatic heterocycles. The molecule has 0 amide bonds. The average Bonchev–Trinajstić information content (AvgIpc) is 3.78. The van der Waals surface area contributed by atoms with Crippen LogP contribution in [0.5, 0.6) is 0 Å². The van der Waals surface area contributed by atoms with Gasteiger partial charge in [0.25, 0.3) is 0 Å². The van der Waals surface area contributed by atoms with Crippen LogP contribution in [0.3, 0.4) is 0 Å². The predicted octanol–water partition coefficient (Wildman–Crippen LogP) is 15.2. The number of aromatic nitrogens is 2. The van der Waals surface area contributed by atoms with Crippen molar-refractivity contribution in [3.8, 4) is 33.6 Å². The van der Waals surface area contributed by atoms with Gasteiger partial charge in [-0.25, -0.2) is 0 Å². The zero-order chi connectivity index (χ0) is 38.0. The lowest BCUT2D eigenvalue weighted by atomic mass is 9.94. The van der Waals surface area contributed by atoms with Crippen LogP contribution in [-0.4, -0.2) is 9.13 Å². The number of benzene rings is 9. The molecule has 11 rings (SSSR count). The Labute approximate surface area is 331 Å². The smallest absolute Gasteiger partial charge is 0.0541 e. The van der Waals surface area contributed by atoms with Gasteiger partial charge in [0, 0.05) is 33.1 Å². The van der Waals surface area contributed by atoms with Crippen LogP contribution in [0, 0.1) is 0 Å². The minimum atomic E-state index is 1.08. The maximum atomic E-state index is 4.29. The van der Waals surface area contributed by atoms with E-state index in [2.05, 4.69) is 217 Å². The van der Waals surface area contributed by atoms with Crippen LogP contribution in [0.4, 0.5) is 0 Å². The molecule has 11 aromatic rings. The Morgan fingerprint density at radius 1 is 0.368 bits per heavy atom. The second kappa shape index (κ2) is 13.1. The van der Waals surface area contributed by atoms with Gasteiger partial charge in [-0.1, -0.05) is 146 Å². The Hall–Kier alpha value is -7.42. The maximum absolute atomic E-state index is 4.29. The van der Waals surface area contributed by atoms with Gasteiger partial charge >= 0.3 is 0 Å². The summed E-state index contributed by atoms with van der Waals surface area (Å²) in [5.41, 5.74) is 12.8. The van der Waals surface area contributed by atoms with Crippen LogP contribution in [0.25, 0.3) is 111 Å². The third-order valence-corrected chi connectivity index (χ3v) is 11.8. The fourth-order valence-electron chi connectivity index (χ4n) is 9.26. The molecule has 2 heterocycles. The topological polar surface area (TPSA) is 9.86 Å². The number of allylic oxidation sites excluding steroid dienone is 1. The summed E-state index contributed by atoms with van der Waals surface area (Å²) in [7, 11) is 0. The van der Waals surface area contributed by atoms with Crippen molar-refractivity contribution in [1.29, 1.82) is 0 Å².